The van der Waals surface area contributed by atoms with E-state index in [0.717, 1.165) is 6.42 Å². The number of benzene rings is 1. The Labute approximate surface area is 165 Å². The molecule has 1 aromatic rings. The number of ether oxygens (including phenoxy) is 1. The number of aliphatic imine (C=N–C) groups is 1. The summed E-state index contributed by atoms with van der Waals surface area (Å²) in [6.07, 6.45) is 5.92. The molecule has 1 aromatic carbocycles. The third-order valence-electron chi connectivity index (χ3n) is 3.25. The first-order valence-corrected chi connectivity index (χ1v) is 8.75. The van der Waals surface area contributed by atoms with Crippen LogP contribution in [0.5, 0.6) is 0 Å². The van der Waals surface area contributed by atoms with E-state index in [4.69, 9.17) is 22.1 Å². The van der Waals surface area contributed by atoms with Gasteiger partial charge < -0.3 is 15.8 Å². The van der Waals surface area contributed by atoms with Crippen LogP contribution in [-0.2, 0) is 4.74 Å². The Hall–Kier alpha value is -2.81. The molecule has 0 unspecified atom stereocenters. The van der Waals surface area contributed by atoms with Gasteiger partial charge in [-0.1, -0.05) is 36.3 Å². The molecule has 6 heteroatoms. The number of nitrogens with two attached hydrogens (primary N) is 1. The fourth-order valence-electron chi connectivity index (χ4n) is 1.88. The highest BCUT2D eigenvalue weighted by Crippen LogP contribution is 2.07. The maximum atomic E-state index is 12.0. The van der Waals surface area contributed by atoms with Gasteiger partial charge in [0.1, 0.15) is 5.03 Å². The minimum absolute atomic E-state index is 0.113. The van der Waals surface area contributed by atoms with Crippen molar-refractivity contribution in [1.82, 2.24) is 5.32 Å². The Morgan fingerprint density at radius 2 is 2.11 bits per heavy atom. The van der Waals surface area contributed by atoms with Crippen molar-refractivity contribution in [3.05, 3.63) is 70.5 Å². The molecular formula is C21H24ClN3O2. The monoisotopic (exact) mass is 385 g/mol. The summed E-state index contributed by atoms with van der Waals surface area (Å²) in [7, 11) is 1.63. The van der Waals surface area contributed by atoms with Crippen molar-refractivity contribution in [3.63, 3.8) is 0 Å². The van der Waals surface area contributed by atoms with Gasteiger partial charge in [0.25, 0.3) is 5.91 Å². The van der Waals surface area contributed by atoms with Crippen LogP contribution in [0.4, 0.5) is 0 Å². The Morgan fingerprint density at radius 3 is 2.74 bits per heavy atom. The summed E-state index contributed by atoms with van der Waals surface area (Å²) in [6.45, 7) is 6.84. The highest BCUT2D eigenvalue weighted by atomic mass is 35.5. The molecule has 0 radical (unpaired) electrons. The predicted molar refractivity (Wildman–Crippen MR) is 112 cm³/mol. The molecule has 1 amide bonds. The molecule has 3 N–H and O–H groups in total. The lowest BCUT2D eigenvalue weighted by atomic mass is 10.1. The molecule has 0 bridgehead atoms. The van der Waals surface area contributed by atoms with E-state index in [-0.39, 0.29) is 16.8 Å². The molecule has 0 aliphatic heterocycles. The lowest BCUT2D eigenvalue weighted by Crippen LogP contribution is -2.25. The number of hydrogen-bond donors (Lipinski definition) is 2. The number of carbonyl (C=O) groups excluding carboxylic acids is 1. The standard InChI is InChI=1S/C21H24ClN3O2/c1-4-6-16(2)15-25-20(23)19(22)12-9-17-7-10-18(11-8-17)21(26)24-13-5-14-27-3/h4,6-8,10-11,15H,2,5,13-14,23H2,1,3H3,(H,24,26)/b6-4-,20-19-,25-15-. The molecule has 142 valence electrons. The molecule has 5 nitrogen and oxygen atoms in total. The Morgan fingerprint density at radius 1 is 1.41 bits per heavy atom. The second kappa shape index (κ2) is 12.5. The zero-order valence-electron chi connectivity index (χ0n) is 15.6. The smallest absolute Gasteiger partial charge is 0.251 e. The minimum Gasteiger partial charge on any atom is -0.385 e. The molecule has 1 rings (SSSR count). The number of amides is 1. The fourth-order valence-corrected chi connectivity index (χ4v) is 1.98. The summed E-state index contributed by atoms with van der Waals surface area (Å²) in [5, 5.41) is 2.96. The van der Waals surface area contributed by atoms with E-state index in [1.807, 2.05) is 13.0 Å². The molecule has 0 spiro atoms. The molecule has 0 saturated heterocycles. The van der Waals surface area contributed by atoms with Crippen LogP contribution in [0, 0.1) is 11.8 Å². The maximum Gasteiger partial charge on any atom is 0.251 e. The van der Waals surface area contributed by atoms with Crippen LogP contribution >= 0.6 is 11.6 Å². The number of rotatable bonds is 8. The topological polar surface area (TPSA) is 76.7 Å². The Kier molecular flexibility index (Phi) is 10.3. The van der Waals surface area contributed by atoms with Gasteiger partial charge in [-0.15, -0.1) is 0 Å². The van der Waals surface area contributed by atoms with Crippen LogP contribution in [0.3, 0.4) is 0 Å². The Balaban J connectivity index is 2.71. The van der Waals surface area contributed by atoms with Gasteiger partial charge in [0.2, 0.25) is 0 Å². The van der Waals surface area contributed by atoms with E-state index in [1.165, 1.54) is 6.21 Å². The summed E-state index contributed by atoms with van der Waals surface area (Å²) in [6, 6.07) is 6.90. The van der Waals surface area contributed by atoms with E-state index in [1.54, 1.807) is 37.5 Å². The van der Waals surface area contributed by atoms with Crippen molar-refractivity contribution in [1.29, 1.82) is 0 Å². The van der Waals surface area contributed by atoms with Crippen molar-refractivity contribution in [2.75, 3.05) is 20.3 Å². The molecular weight excluding hydrogens is 362 g/mol. The van der Waals surface area contributed by atoms with Crippen LogP contribution < -0.4 is 11.1 Å². The van der Waals surface area contributed by atoms with Gasteiger partial charge in [-0.25, -0.2) is 4.99 Å². The molecule has 27 heavy (non-hydrogen) atoms. The first-order valence-electron chi connectivity index (χ1n) is 8.38. The van der Waals surface area contributed by atoms with Gasteiger partial charge in [0, 0.05) is 37.6 Å². The molecule has 0 heterocycles. The van der Waals surface area contributed by atoms with Crippen LogP contribution in [0.2, 0.25) is 0 Å². The van der Waals surface area contributed by atoms with E-state index >= 15 is 0 Å². The molecule has 0 fully saturated rings. The third kappa shape index (κ3) is 8.91. The zero-order valence-corrected chi connectivity index (χ0v) is 16.3. The van der Waals surface area contributed by atoms with Gasteiger partial charge in [-0.2, -0.15) is 0 Å². The zero-order chi connectivity index (χ0) is 20.1. The fraction of sp³-hybridized carbons (Fsp3) is 0.238. The average Bonchev–Trinajstić information content (AvgIpc) is 2.68. The number of carbonyl (C=O) groups is 1. The highest BCUT2D eigenvalue weighted by Gasteiger charge is 2.04. The first kappa shape index (κ1) is 22.2. The normalized spacial score (nSPS) is 11.8. The molecule has 0 saturated carbocycles. The Bertz CT molecular complexity index is 797. The number of methoxy groups -OCH3 is 1. The van der Waals surface area contributed by atoms with Gasteiger partial charge in [0.05, 0.1) is 0 Å². The van der Waals surface area contributed by atoms with Gasteiger partial charge >= 0.3 is 0 Å². The highest BCUT2D eigenvalue weighted by molar-refractivity contribution is 6.32. The lowest BCUT2D eigenvalue weighted by molar-refractivity contribution is 0.0948. The maximum absolute atomic E-state index is 12.0. The number of halogens is 1. The second-order valence-electron chi connectivity index (χ2n) is 5.46. The van der Waals surface area contributed by atoms with E-state index in [0.29, 0.717) is 29.9 Å². The number of hydrogen-bond acceptors (Lipinski definition) is 4. The largest absolute Gasteiger partial charge is 0.385 e. The van der Waals surface area contributed by atoms with E-state index in [2.05, 4.69) is 28.7 Å². The van der Waals surface area contributed by atoms with Crippen molar-refractivity contribution < 1.29 is 9.53 Å². The van der Waals surface area contributed by atoms with E-state index < -0.39 is 0 Å². The summed E-state index contributed by atoms with van der Waals surface area (Å²) >= 11 is 6.05. The van der Waals surface area contributed by atoms with Gasteiger partial charge in [-0.3, -0.25) is 4.79 Å². The van der Waals surface area contributed by atoms with Crippen LogP contribution in [0.1, 0.15) is 29.3 Å². The minimum atomic E-state index is -0.136. The van der Waals surface area contributed by atoms with Crippen LogP contribution in [-0.4, -0.2) is 32.4 Å². The quantitative estimate of drug-likeness (QED) is 0.312. The molecule has 0 aromatic heterocycles. The summed E-state index contributed by atoms with van der Waals surface area (Å²) in [4.78, 5) is 16.0. The molecule has 0 aliphatic carbocycles. The lowest BCUT2D eigenvalue weighted by Gasteiger charge is -2.04. The average molecular weight is 386 g/mol. The second-order valence-corrected chi connectivity index (χ2v) is 5.84. The van der Waals surface area contributed by atoms with Crippen LogP contribution in [0.15, 0.2) is 64.4 Å². The number of nitrogens with one attached hydrogen (secondary N) is 1. The third-order valence-corrected chi connectivity index (χ3v) is 3.54. The van der Waals surface area contributed by atoms with Crippen molar-refractivity contribution in [2.45, 2.75) is 13.3 Å². The van der Waals surface area contributed by atoms with Gasteiger partial charge in [-0.05, 0) is 49.1 Å². The van der Waals surface area contributed by atoms with E-state index in [9.17, 15) is 4.79 Å². The van der Waals surface area contributed by atoms with Crippen molar-refractivity contribution in [3.8, 4) is 11.8 Å². The number of nitrogens with zero attached hydrogens (tertiary/aromatic N) is 1. The number of allylic oxidation sites excluding steroid dienone is 4. The molecule has 0 aliphatic rings. The van der Waals surface area contributed by atoms with Crippen molar-refractivity contribution in [2.24, 2.45) is 10.7 Å². The van der Waals surface area contributed by atoms with Crippen molar-refractivity contribution >= 4 is 23.7 Å². The first-order chi connectivity index (χ1) is 13.0. The van der Waals surface area contributed by atoms with Crippen LogP contribution in [0.25, 0.3) is 0 Å². The SMILES string of the molecule is C=C(/C=C\C)/C=N\C(N)=C(/Cl)C#Cc1ccc(C(=O)NCCCOC)cc1. The molecule has 0 atom stereocenters. The summed E-state index contributed by atoms with van der Waals surface area (Å²) in [5.41, 5.74) is 7.75. The summed E-state index contributed by atoms with van der Waals surface area (Å²) in [5.74, 6) is 5.61. The summed E-state index contributed by atoms with van der Waals surface area (Å²) < 4.78 is 4.94. The van der Waals surface area contributed by atoms with Gasteiger partial charge in [0.15, 0.2) is 5.82 Å². The predicted octanol–water partition coefficient (Wildman–Crippen LogP) is 3.37.